The van der Waals surface area contributed by atoms with Crippen molar-refractivity contribution >= 4 is 27.1 Å². The lowest BCUT2D eigenvalue weighted by atomic mass is 10.3. The zero-order valence-corrected chi connectivity index (χ0v) is 14.7. The lowest BCUT2D eigenvalue weighted by molar-refractivity contribution is -0.114. The second-order valence-corrected chi connectivity index (χ2v) is 7.23. The number of carbonyl (C=O) groups is 1. The Hall–Kier alpha value is -2.61. The van der Waals surface area contributed by atoms with Crippen molar-refractivity contribution < 1.29 is 22.3 Å². The van der Waals surface area contributed by atoms with E-state index in [0.29, 0.717) is 12.4 Å². The third kappa shape index (κ3) is 5.18. The number of hydrogen-bond donors (Lipinski definition) is 2. The third-order valence-corrected chi connectivity index (χ3v) is 4.39. The first-order valence-corrected chi connectivity index (χ1v) is 9.45. The average molecular weight is 366 g/mol. The van der Waals surface area contributed by atoms with Crippen LogP contribution in [-0.2, 0) is 14.6 Å². The maximum atomic E-state index is 13.5. The lowest BCUT2D eigenvalue weighted by Crippen LogP contribution is -2.23. The Kier molecular flexibility index (Phi) is 5.97. The van der Waals surface area contributed by atoms with Gasteiger partial charge in [-0.25, -0.2) is 12.8 Å². The van der Waals surface area contributed by atoms with Crippen molar-refractivity contribution in [3.8, 4) is 5.75 Å². The Morgan fingerprint density at radius 3 is 2.52 bits per heavy atom. The number of carbonyl (C=O) groups excluding carboxylic acids is 1. The van der Waals surface area contributed by atoms with Gasteiger partial charge in [-0.05, 0) is 31.2 Å². The topological polar surface area (TPSA) is 84.5 Å². The second-order valence-electron chi connectivity index (χ2n) is 5.24. The zero-order chi connectivity index (χ0) is 18.4. The van der Waals surface area contributed by atoms with E-state index >= 15 is 0 Å². The molecule has 0 atom stereocenters. The minimum absolute atomic E-state index is 0.0251. The fourth-order valence-corrected chi connectivity index (χ4v) is 3.01. The van der Waals surface area contributed by atoms with Gasteiger partial charge in [0.25, 0.3) is 0 Å². The summed E-state index contributed by atoms with van der Waals surface area (Å²) in [5, 5.41) is 5.18. The van der Waals surface area contributed by atoms with Crippen molar-refractivity contribution in [2.75, 3.05) is 30.0 Å². The summed E-state index contributed by atoms with van der Waals surface area (Å²) in [6.07, 6.45) is 1.07. The van der Waals surface area contributed by atoms with Crippen LogP contribution < -0.4 is 15.4 Å². The van der Waals surface area contributed by atoms with Crippen molar-refractivity contribution in [3.05, 3.63) is 48.3 Å². The van der Waals surface area contributed by atoms with Crippen molar-refractivity contribution in [2.24, 2.45) is 0 Å². The molecule has 0 unspecified atom stereocenters. The zero-order valence-electron chi connectivity index (χ0n) is 13.9. The quantitative estimate of drug-likeness (QED) is 0.787. The van der Waals surface area contributed by atoms with E-state index in [4.69, 9.17) is 4.74 Å². The Morgan fingerprint density at radius 2 is 1.88 bits per heavy atom. The first-order chi connectivity index (χ1) is 11.8. The van der Waals surface area contributed by atoms with E-state index in [9.17, 15) is 17.6 Å². The van der Waals surface area contributed by atoms with Gasteiger partial charge in [-0.2, -0.15) is 0 Å². The molecular formula is C17H19FN2O4S. The Labute approximate surface area is 145 Å². The van der Waals surface area contributed by atoms with Gasteiger partial charge in [-0.3, -0.25) is 4.79 Å². The van der Waals surface area contributed by atoms with E-state index in [2.05, 4.69) is 10.6 Å². The number of amides is 1. The molecule has 2 rings (SSSR count). The molecular weight excluding hydrogens is 347 g/mol. The molecule has 8 heteroatoms. The molecule has 2 aromatic rings. The molecule has 6 nitrogen and oxygen atoms in total. The SMILES string of the molecule is CCOc1ccc(NCC(=O)Nc2ccccc2F)c(S(C)(=O)=O)c1. The molecule has 25 heavy (non-hydrogen) atoms. The summed E-state index contributed by atoms with van der Waals surface area (Å²) in [5.74, 6) is -0.628. The van der Waals surface area contributed by atoms with Gasteiger partial charge >= 0.3 is 0 Å². The van der Waals surface area contributed by atoms with E-state index in [1.165, 1.54) is 30.3 Å². The van der Waals surface area contributed by atoms with Crippen LogP contribution in [0.4, 0.5) is 15.8 Å². The molecule has 0 saturated carbocycles. The summed E-state index contributed by atoms with van der Waals surface area (Å²) in [5.41, 5.74) is 0.332. The monoisotopic (exact) mass is 366 g/mol. The van der Waals surface area contributed by atoms with Crippen LogP contribution in [0.3, 0.4) is 0 Å². The van der Waals surface area contributed by atoms with Gasteiger partial charge in [-0.15, -0.1) is 0 Å². The molecule has 1 amide bonds. The van der Waals surface area contributed by atoms with E-state index in [0.717, 1.165) is 6.26 Å². The van der Waals surface area contributed by atoms with Crippen molar-refractivity contribution in [1.29, 1.82) is 0 Å². The first-order valence-electron chi connectivity index (χ1n) is 7.56. The predicted molar refractivity (Wildman–Crippen MR) is 94.2 cm³/mol. The summed E-state index contributed by atoms with van der Waals surface area (Å²) in [7, 11) is -3.52. The molecule has 0 radical (unpaired) electrons. The van der Waals surface area contributed by atoms with Crippen LogP contribution in [0.1, 0.15) is 6.92 Å². The molecule has 0 aliphatic heterocycles. The van der Waals surface area contributed by atoms with Crippen LogP contribution in [0.5, 0.6) is 5.75 Å². The van der Waals surface area contributed by atoms with Crippen LogP contribution in [0.2, 0.25) is 0 Å². The lowest BCUT2D eigenvalue weighted by Gasteiger charge is -2.13. The van der Waals surface area contributed by atoms with Gasteiger partial charge in [0.15, 0.2) is 9.84 Å². The summed E-state index contributed by atoms with van der Waals surface area (Å²) in [6.45, 7) is 1.98. The van der Waals surface area contributed by atoms with Crippen LogP contribution >= 0.6 is 0 Å². The minimum atomic E-state index is -3.52. The fraction of sp³-hybridized carbons (Fsp3) is 0.235. The summed E-state index contributed by atoms with van der Waals surface area (Å²) < 4.78 is 42.7. The average Bonchev–Trinajstić information content (AvgIpc) is 2.55. The minimum Gasteiger partial charge on any atom is -0.494 e. The molecule has 2 N–H and O–H groups in total. The second kappa shape index (κ2) is 7.98. The van der Waals surface area contributed by atoms with Crippen LogP contribution in [0.15, 0.2) is 47.4 Å². The molecule has 0 fully saturated rings. The molecule has 0 aromatic heterocycles. The molecule has 0 aliphatic rings. The van der Waals surface area contributed by atoms with Gasteiger partial charge in [0.05, 0.1) is 29.4 Å². The fourth-order valence-electron chi connectivity index (χ4n) is 2.14. The number of ether oxygens (including phenoxy) is 1. The van der Waals surface area contributed by atoms with E-state index < -0.39 is 21.6 Å². The first kappa shape index (κ1) is 18.7. The number of benzene rings is 2. The van der Waals surface area contributed by atoms with Crippen LogP contribution in [-0.4, -0.2) is 33.7 Å². The summed E-state index contributed by atoms with van der Waals surface area (Å²) in [6, 6.07) is 10.3. The summed E-state index contributed by atoms with van der Waals surface area (Å²) in [4.78, 5) is 12.0. The number of anilines is 2. The normalized spacial score (nSPS) is 11.0. The molecule has 0 aliphatic carbocycles. The predicted octanol–water partition coefficient (Wildman–Crippen LogP) is 2.68. The molecule has 0 spiro atoms. The third-order valence-electron chi connectivity index (χ3n) is 3.25. The standard InChI is InChI=1S/C17H19FN2O4S/c1-3-24-12-8-9-15(16(10-12)25(2,22)23)19-11-17(21)20-14-7-5-4-6-13(14)18/h4-10,19H,3,11H2,1-2H3,(H,20,21). The Balaban J connectivity index is 2.12. The van der Waals surface area contributed by atoms with Gasteiger partial charge in [0.1, 0.15) is 11.6 Å². The smallest absolute Gasteiger partial charge is 0.243 e. The molecule has 134 valence electrons. The van der Waals surface area contributed by atoms with Crippen LogP contribution in [0, 0.1) is 5.82 Å². The van der Waals surface area contributed by atoms with Crippen molar-refractivity contribution in [2.45, 2.75) is 11.8 Å². The molecule has 0 heterocycles. The molecule has 2 aromatic carbocycles. The number of sulfone groups is 1. The maximum Gasteiger partial charge on any atom is 0.243 e. The highest BCUT2D eigenvalue weighted by Gasteiger charge is 2.16. The largest absolute Gasteiger partial charge is 0.494 e. The number of halogens is 1. The van der Waals surface area contributed by atoms with Crippen molar-refractivity contribution in [1.82, 2.24) is 0 Å². The maximum absolute atomic E-state index is 13.5. The molecule has 0 bridgehead atoms. The van der Waals surface area contributed by atoms with E-state index in [-0.39, 0.29) is 22.8 Å². The highest BCUT2D eigenvalue weighted by molar-refractivity contribution is 7.90. The van der Waals surface area contributed by atoms with Gasteiger partial charge in [-0.1, -0.05) is 12.1 Å². The number of nitrogens with one attached hydrogen (secondary N) is 2. The number of hydrogen-bond acceptors (Lipinski definition) is 5. The number of rotatable bonds is 7. The van der Waals surface area contributed by atoms with Crippen LogP contribution in [0.25, 0.3) is 0 Å². The Bertz CT molecular complexity index is 869. The summed E-state index contributed by atoms with van der Waals surface area (Å²) >= 11 is 0. The van der Waals surface area contributed by atoms with Gasteiger partial charge in [0.2, 0.25) is 5.91 Å². The Morgan fingerprint density at radius 1 is 1.16 bits per heavy atom. The van der Waals surface area contributed by atoms with E-state index in [1.807, 2.05) is 0 Å². The van der Waals surface area contributed by atoms with Gasteiger partial charge in [0, 0.05) is 12.3 Å². The van der Waals surface area contributed by atoms with E-state index in [1.54, 1.807) is 19.1 Å². The highest BCUT2D eigenvalue weighted by Crippen LogP contribution is 2.26. The highest BCUT2D eigenvalue weighted by atomic mass is 32.2. The van der Waals surface area contributed by atoms with Gasteiger partial charge < -0.3 is 15.4 Å². The molecule has 0 saturated heterocycles. The van der Waals surface area contributed by atoms with Crippen molar-refractivity contribution in [3.63, 3.8) is 0 Å². The number of para-hydroxylation sites is 1.